The molecule has 2 atom stereocenters. The summed E-state index contributed by atoms with van der Waals surface area (Å²) in [5.74, 6) is 0.976. The largest absolute Gasteiger partial charge is 0.497 e. The van der Waals surface area contributed by atoms with Crippen LogP contribution in [0.2, 0.25) is 0 Å². The van der Waals surface area contributed by atoms with Gasteiger partial charge >= 0.3 is 0 Å². The predicted octanol–water partition coefficient (Wildman–Crippen LogP) is 2.37. The summed E-state index contributed by atoms with van der Waals surface area (Å²) >= 11 is 0. The molecule has 1 fully saturated rings. The molecule has 0 aromatic heterocycles. The molecule has 0 spiro atoms. The van der Waals surface area contributed by atoms with E-state index in [0.29, 0.717) is 32.4 Å². The SMILES string of the molecule is N[C@H]1CCCNC(=O)CCC2=C(C[C@@H]3CCCN3C1=O)c1ccccc1CCO2. The van der Waals surface area contributed by atoms with E-state index in [1.807, 2.05) is 4.90 Å². The van der Waals surface area contributed by atoms with E-state index in [9.17, 15) is 9.59 Å². The molecule has 1 aromatic rings. The van der Waals surface area contributed by atoms with Crippen molar-refractivity contribution in [1.82, 2.24) is 10.2 Å². The Bertz CT molecular complexity index is 804. The third-order valence-electron chi connectivity index (χ3n) is 6.34. The van der Waals surface area contributed by atoms with Gasteiger partial charge < -0.3 is 20.7 Å². The monoisotopic (exact) mass is 397 g/mol. The number of amides is 2. The molecule has 0 bridgehead atoms. The van der Waals surface area contributed by atoms with Crippen LogP contribution in [0.5, 0.6) is 0 Å². The van der Waals surface area contributed by atoms with Gasteiger partial charge in [-0.2, -0.15) is 0 Å². The minimum atomic E-state index is -0.499. The Labute approximate surface area is 172 Å². The molecule has 6 nitrogen and oxygen atoms in total. The lowest BCUT2D eigenvalue weighted by Crippen LogP contribution is -2.46. The number of ether oxygens (including phenoxy) is 1. The number of benzene rings is 1. The summed E-state index contributed by atoms with van der Waals surface area (Å²) in [6, 6.07) is 8.06. The number of nitrogens with zero attached hydrogens (tertiary/aromatic N) is 1. The van der Waals surface area contributed by atoms with Gasteiger partial charge in [0.15, 0.2) is 0 Å². The molecule has 156 valence electrons. The predicted molar refractivity (Wildman–Crippen MR) is 112 cm³/mol. The second-order valence-electron chi connectivity index (χ2n) is 8.29. The Kier molecular flexibility index (Phi) is 6.19. The van der Waals surface area contributed by atoms with Crippen LogP contribution in [0, 0.1) is 0 Å². The summed E-state index contributed by atoms with van der Waals surface area (Å²) in [6.07, 6.45) is 5.93. The first kappa shape index (κ1) is 20.0. The highest BCUT2D eigenvalue weighted by atomic mass is 16.5. The van der Waals surface area contributed by atoms with Crippen LogP contribution in [0.3, 0.4) is 0 Å². The average Bonchev–Trinajstić information content (AvgIpc) is 3.12. The zero-order valence-corrected chi connectivity index (χ0v) is 17.0. The molecular formula is C23H31N3O3. The van der Waals surface area contributed by atoms with Crippen LogP contribution in [-0.4, -0.2) is 48.5 Å². The van der Waals surface area contributed by atoms with Gasteiger partial charge in [0.25, 0.3) is 0 Å². The lowest BCUT2D eigenvalue weighted by molar-refractivity contribution is -0.133. The maximum Gasteiger partial charge on any atom is 0.239 e. The molecule has 0 radical (unpaired) electrons. The van der Waals surface area contributed by atoms with Crippen molar-refractivity contribution in [3.05, 3.63) is 41.2 Å². The Morgan fingerprint density at radius 3 is 2.83 bits per heavy atom. The molecule has 1 saturated heterocycles. The highest BCUT2D eigenvalue weighted by Crippen LogP contribution is 2.36. The van der Waals surface area contributed by atoms with Crippen molar-refractivity contribution in [1.29, 1.82) is 0 Å². The Morgan fingerprint density at radius 2 is 1.93 bits per heavy atom. The van der Waals surface area contributed by atoms with Crippen LogP contribution < -0.4 is 11.1 Å². The van der Waals surface area contributed by atoms with Gasteiger partial charge in [-0.05, 0) is 48.8 Å². The van der Waals surface area contributed by atoms with Gasteiger partial charge in [0.2, 0.25) is 11.8 Å². The normalized spacial score (nSPS) is 26.4. The molecule has 3 heterocycles. The van der Waals surface area contributed by atoms with Crippen LogP contribution in [0.15, 0.2) is 30.0 Å². The van der Waals surface area contributed by atoms with Crippen molar-refractivity contribution < 1.29 is 14.3 Å². The van der Waals surface area contributed by atoms with E-state index in [1.165, 1.54) is 11.1 Å². The van der Waals surface area contributed by atoms with E-state index >= 15 is 0 Å². The second-order valence-corrected chi connectivity index (χ2v) is 8.29. The van der Waals surface area contributed by atoms with Crippen molar-refractivity contribution in [3.63, 3.8) is 0 Å². The number of rotatable bonds is 0. The maximum atomic E-state index is 13.0. The third-order valence-corrected chi connectivity index (χ3v) is 6.34. The number of hydrogen-bond acceptors (Lipinski definition) is 4. The molecule has 29 heavy (non-hydrogen) atoms. The van der Waals surface area contributed by atoms with E-state index in [-0.39, 0.29) is 17.9 Å². The number of carbonyl (C=O) groups is 2. The minimum Gasteiger partial charge on any atom is -0.497 e. The van der Waals surface area contributed by atoms with Gasteiger partial charge in [-0.1, -0.05) is 24.3 Å². The fourth-order valence-electron chi connectivity index (χ4n) is 4.78. The molecule has 0 aliphatic carbocycles. The molecule has 3 N–H and O–H groups in total. The van der Waals surface area contributed by atoms with Crippen LogP contribution in [-0.2, 0) is 20.7 Å². The van der Waals surface area contributed by atoms with Gasteiger partial charge in [-0.3, -0.25) is 9.59 Å². The summed E-state index contributed by atoms with van der Waals surface area (Å²) in [5, 5.41) is 2.95. The summed E-state index contributed by atoms with van der Waals surface area (Å²) < 4.78 is 6.17. The Morgan fingerprint density at radius 1 is 1.07 bits per heavy atom. The van der Waals surface area contributed by atoms with Crippen molar-refractivity contribution in [2.45, 2.75) is 63.5 Å². The molecule has 0 saturated carbocycles. The smallest absolute Gasteiger partial charge is 0.239 e. The molecule has 1 aromatic carbocycles. The standard InChI is InChI=1S/C23H31N3O3/c24-20-8-3-12-25-22(27)10-9-21-19(15-17-6-4-13-26(17)23(20)28)18-7-2-1-5-16(18)11-14-29-21/h1-2,5,7,17,20H,3-4,6,8-15,24H2,(H,25,27)/t17-,20-/m0/s1. The molecule has 0 unspecified atom stereocenters. The lowest BCUT2D eigenvalue weighted by Gasteiger charge is -2.29. The lowest BCUT2D eigenvalue weighted by atomic mass is 9.91. The van der Waals surface area contributed by atoms with Crippen molar-refractivity contribution >= 4 is 17.4 Å². The van der Waals surface area contributed by atoms with Crippen molar-refractivity contribution in [3.8, 4) is 0 Å². The van der Waals surface area contributed by atoms with E-state index in [0.717, 1.165) is 50.0 Å². The molecule has 2 amide bonds. The molecule has 3 aliphatic rings. The van der Waals surface area contributed by atoms with Gasteiger partial charge in [-0.15, -0.1) is 0 Å². The van der Waals surface area contributed by atoms with Crippen LogP contribution in [0.1, 0.15) is 56.1 Å². The zero-order chi connectivity index (χ0) is 20.2. The van der Waals surface area contributed by atoms with Crippen LogP contribution >= 0.6 is 0 Å². The Balaban J connectivity index is 1.70. The fourth-order valence-corrected chi connectivity index (χ4v) is 4.78. The van der Waals surface area contributed by atoms with Crippen LogP contribution in [0.4, 0.5) is 0 Å². The summed E-state index contributed by atoms with van der Waals surface area (Å²) in [7, 11) is 0. The average molecular weight is 398 g/mol. The number of carbonyl (C=O) groups excluding carboxylic acids is 2. The molecule has 6 heteroatoms. The Hall–Kier alpha value is -2.34. The van der Waals surface area contributed by atoms with Gasteiger partial charge in [0.05, 0.1) is 12.6 Å². The van der Waals surface area contributed by atoms with E-state index in [2.05, 4.69) is 29.6 Å². The zero-order valence-electron chi connectivity index (χ0n) is 17.0. The minimum absolute atomic E-state index is 0.0254. The fraction of sp³-hybridized carbons (Fsp3) is 0.565. The summed E-state index contributed by atoms with van der Waals surface area (Å²) in [6.45, 7) is 1.95. The van der Waals surface area contributed by atoms with Crippen LogP contribution in [0.25, 0.3) is 5.57 Å². The highest BCUT2D eigenvalue weighted by molar-refractivity contribution is 5.83. The molecular weight excluding hydrogens is 366 g/mol. The first-order chi connectivity index (χ1) is 14.1. The number of nitrogens with one attached hydrogen (secondary N) is 1. The highest BCUT2D eigenvalue weighted by Gasteiger charge is 2.33. The molecule has 4 rings (SSSR count). The quantitative estimate of drug-likeness (QED) is 0.704. The number of fused-ring (bicyclic) bond motifs is 3. The molecule has 3 aliphatic heterocycles. The number of hydrogen-bond donors (Lipinski definition) is 2. The van der Waals surface area contributed by atoms with Gasteiger partial charge in [0, 0.05) is 38.4 Å². The first-order valence-corrected chi connectivity index (χ1v) is 10.9. The van der Waals surface area contributed by atoms with E-state index < -0.39 is 6.04 Å². The second kappa shape index (κ2) is 8.99. The first-order valence-electron chi connectivity index (χ1n) is 10.9. The van der Waals surface area contributed by atoms with Gasteiger partial charge in [-0.25, -0.2) is 0 Å². The van der Waals surface area contributed by atoms with Crippen molar-refractivity contribution in [2.75, 3.05) is 19.7 Å². The van der Waals surface area contributed by atoms with E-state index in [4.69, 9.17) is 10.5 Å². The van der Waals surface area contributed by atoms with E-state index in [1.54, 1.807) is 0 Å². The van der Waals surface area contributed by atoms with Crippen molar-refractivity contribution in [2.24, 2.45) is 5.73 Å². The van der Waals surface area contributed by atoms with Gasteiger partial charge in [0.1, 0.15) is 5.76 Å². The number of nitrogens with two attached hydrogens (primary N) is 1. The third kappa shape index (κ3) is 4.47. The summed E-state index contributed by atoms with van der Waals surface area (Å²) in [5.41, 5.74) is 9.84. The number of allylic oxidation sites excluding steroid dienone is 1. The maximum absolute atomic E-state index is 13.0. The summed E-state index contributed by atoms with van der Waals surface area (Å²) in [4.78, 5) is 27.3. The topological polar surface area (TPSA) is 84.7 Å².